The van der Waals surface area contributed by atoms with Gasteiger partial charge in [-0.3, -0.25) is 19.2 Å². The number of ether oxygens (including phenoxy) is 2. The third-order valence-corrected chi connectivity index (χ3v) is 9.04. The van der Waals surface area contributed by atoms with Gasteiger partial charge in [-0.15, -0.1) is 0 Å². The molecule has 0 spiro atoms. The Balaban J connectivity index is 1.45. The zero-order valence-electron chi connectivity index (χ0n) is 27.7. The summed E-state index contributed by atoms with van der Waals surface area (Å²) in [4.78, 5) is 83.1. The summed E-state index contributed by atoms with van der Waals surface area (Å²) in [5.41, 5.74) is 6.27. The second kappa shape index (κ2) is 14.6. The molecule has 0 radical (unpaired) electrons. The Labute approximate surface area is 282 Å². The van der Waals surface area contributed by atoms with E-state index >= 15 is 0 Å². The van der Waals surface area contributed by atoms with Gasteiger partial charge in [-0.1, -0.05) is 39.0 Å². The van der Waals surface area contributed by atoms with Crippen molar-refractivity contribution in [2.75, 3.05) is 6.54 Å². The Hall–Kier alpha value is -5.11. The quantitative estimate of drug-likeness (QED) is 0.113. The number of para-hydroxylation sites is 1. The molecule has 3 aromatic rings. The molecule has 5 rings (SSSR count). The first-order chi connectivity index (χ1) is 23.4. The number of carboxylic acids is 1. The van der Waals surface area contributed by atoms with Gasteiger partial charge in [-0.2, -0.15) is 0 Å². The van der Waals surface area contributed by atoms with E-state index in [4.69, 9.17) is 25.3 Å². The Kier molecular flexibility index (Phi) is 10.5. The number of aromatic nitrogens is 2. The number of carbonyl (C=O) groups is 5. The average Bonchev–Trinajstić information content (AvgIpc) is 3.43. The number of nitrogens with two attached hydrogens (primary N) is 1. The summed E-state index contributed by atoms with van der Waals surface area (Å²) in [6, 6.07) is 8.90. The van der Waals surface area contributed by atoms with Crippen molar-refractivity contribution in [3.63, 3.8) is 0 Å². The van der Waals surface area contributed by atoms with Gasteiger partial charge in [0.2, 0.25) is 17.4 Å². The van der Waals surface area contributed by atoms with Gasteiger partial charge in [0.15, 0.2) is 0 Å². The van der Waals surface area contributed by atoms with E-state index in [2.05, 4.69) is 10.6 Å². The van der Waals surface area contributed by atoms with E-state index in [0.717, 1.165) is 16.5 Å². The molecule has 260 valence electrons. The second-order valence-electron chi connectivity index (χ2n) is 12.7. The van der Waals surface area contributed by atoms with Crippen molar-refractivity contribution in [2.24, 2.45) is 11.7 Å². The molecule has 5 N–H and O–H groups in total. The first-order valence-corrected chi connectivity index (χ1v) is 16.5. The molecule has 3 atom stereocenters. The molecule has 14 heteroatoms. The zero-order valence-corrected chi connectivity index (χ0v) is 27.7. The van der Waals surface area contributed by atoms with Crippen LogP contribution in [-0.2, 0) is 52.2 Å². The molecule has 2 amide bonds. The maximum absolute atomic E-state index is 13.9. The molecule has 0 saturated heterocycles. The minimum absolute atomic E-state index is 0.0639. The van der Waals surface area contributed by atoms with Crippen molar-refractivity contribution in [1.29, 1.82) is 0 Å². The van der Waals surface area contributed by atoms with E-state index in [1.54, 1.807) is 31.4 Å². The number of amides is 2. The third kappa shape index (κ3) is 7.05. The summed E-state index contributed by atoms with van der Waals surface area (Å²) < 4.78 is 13.1. The Bertz CT molecular complexity index is 1870. The molecule has 0 bridgehead atoms. The van der Waals surface area contributed by atoms with Gasteiger partial charge in [0, 0.05) is 22.9 Å². The van der Waals surface area contributed by atoms with Crippen LogP contribution in [0.2, 0.25) is 0 Å². The van der Waals surface area contributed by atoms with Crippen LogP contribution in [0, 0.1) is 5.92 Å². The van der Waals surface area contributed by atoms with Crippen molar-refractivity contribution in [3.05, 3.63) is 63.4 Å². The van der Waals surface area contributed by atoms with Crippen LogP contribution in [0.5, 0.6) is 0 Å². The van der Waals surface area contributed by atoms with Crippen LogP contribution in [0.15, 0.2) is 41.2 Å². The molecule has 1 aromatic carbocycles. The lowest BCUT2D eigenvalue weighted by molar-refractivity contribution is -0.191. The lowest BCUT2D eigenvalue weighted by Crippen LogP contribution is -2.56. The van der Waals surface area contributed by atoms with Crippen LogP contribution in [-0.4, -0.2) is 63.0 Å². The molecule has 2 unspecified atom stereocenters. The highest BCUT2D eigenvalue weighted by molar-refractivity contribution is 5.93. The summed E-state index contributed by atoms with van der Waals surface area (Å²) in [6.45, 7) is 5.34. The van der Waals surface area contributed by atoms with Crippen LogP contribution in [0.25, 0.3) is 22.3 Å². The van der Waals surface area contributed by atoms with Crippen LogP contribution >= 0.6 is 0 Å². The number of pyridine rings is 2. The van der Waals surface area contributed by atoms with E-state index in [9.17, 15) is 28.8 Å². The van der Waals surface area contributed by atoms with Gasteiger partial charge in [0.1, 0.15) is 18.7 Å². The van der Waals surface area contributed by atoms with Crippen LogP contribution < -0.4 is 21.9 Å². The summed E-state index contributed by atoms with van der Waals surface area (Å²) in [5.74, 6) is -4.77. The van der Waals surface area contributed by atoms with Gasteiger partial charge in [0.25, 0.3) is 5.56 Å². The number of aliphatic carboxylic acids is 1. The lowest BCUT2D eigenvalue weighted by Gasteiger charge is -2.37. The second-order valence-corrected chi connectivity index (χ2v) is 12.7. The molecule has 2 aliphatic rings. The highest BCUT2D eigenvalue weighted by atomic mass is 16.6. The summed E-state index contributed by atoms with van der Waals surface area (Å²) in [7, 11) is 0. The largest absolute Gasteiger partial charge is 0.481 e. The van der Waals surface area contributed by atoms with Crippen molar-refractivity contribution in [1.82, 2.24) is 20.2 Å². The van der Waals surface area contributed by atoms with E-state index in [-0.39, 0.29) is 49.1 Å². The minimum Gasteiger partial charge on any atom is -0.481 e. The van der Waals surface area contributed by atoms with Gasteiger partial charge in [-0.25, -0.2) is 14.6 Å². The number of unbranched alkanes of at least 4 members (excludes halogenated alkanes) is 1. The number of carboxylic acid groups (broad SMARTS) is 1. The van der Waals surface area contributed by atoms with Crippen molar-refractivity contribution < 1.29 is 38.6 Å². The predicted octanol–water partition coefficient (Wildman–Crippen LogP) is 2.25. The molecular formula is C35H41N5O9. The molecule has 2 aliphatic heterocycles. The first-order valence-electron chi connectivity index (χ1n) is 16.5. The van der Waals surface area contributed by atoms with Crippen LogP contribution in [0.4, 0.5) is 0 Å². The number of esters is 2. The topological polar surface area (TPSA) is 209 Å². The number of hydrogen-bond acceptors (Lipinski definition) is 10. The van der Waals surface area contributed by atoms with Crippen LogP contribution in [0.1, 0.15) is 76.0 Å². The Morgan fingerprint density at radius 2 is 1.86 bits per heavy atom. The highest BCUT2D eigenvalue weighted by Crippen LogP contribution is 2.41. The van der Waals surface area contributed by atoms with Gasteiger partial charge in [-0.05, 0) is 56.3 Å². The van der Waals surface area contributed by atoms with Crippen molar-refractivity contribution >= 4 is 40.6 Å². The summed E-state index contributed by atoms with van der Waals surface area (Å²) >= 11 is 0. The van der Waals surface area contributed by atoms with E-state index in [0.29, 0.717) is 30.8 Å². The van der Waals surface area contributed by atoms with E-state index < -0.39 is 59.7 Å². The number of cyclic esters (lactones) is 1. The summed E-state index contributed by atoms with van der Waals surface area (Å²) in [5, 5.41) is 15.1. The minimum atomic E-state index is -1.98. The third-order valence-electron chi connectivity index (χ3n) is 9.04. The standard InChI is InChI=1S/C35H41N5O9/c1-4-35(49-33(46)29(19(2)3)39-31(44)25(11-7-8-14-36)37-27(41)12-13-28(42)43)23-16-26-30-21(15-20-9-5-6-10-24(20)38-30)17-40(26)32(45)22(23)18-48-34(35)47/h5-6,9-10,15-16,19,25,29H,4,7-8,11-14,17-18,36H2,1-3H3,(H,37,41)(H,39,44)(H,42,43)/t25?,29?,35-/m0/s1. The number of fused-ring (bicyclic) bond motifs is 5. The SMILES string of the molecule is CC[C@@]1(OC(=O)C(NC(=O)C(CCCCN)NC(=O)CCC(=O)O)C(C)C)C(=O)OCc2c1cc1n(c2=O)Cc2cc3ccccc3nc2-1. The molecule has 0 fully saturated rings. The fourth-order valence-corrected chi connectivity index (χ4v) is 6.32. The molecule has 0 aliphatic carbocycles. The number of nitrogens with zero attached hydrogens (tertiary/aromatic N) is 2. The maximum Gasteiger partial charge on any atom is 0.355 e. The molecular weight excluding hydrogens is 634 g/mol. The Morgan fingerprint density at radius 3 is 2.55 bits per heavy atom. The van der Waals surface area contributed by atoms with Crippen molar-refractivity contribution in [3.8, 4) is 11.4 Å². The average molecular weight is 676 g/mol. The number of hydrogen-bond donors (Lipinski definition) is 4. The molecule has 49 heavy (non-hydrogen) atoms. The monoisotopic (exact) mass is 675 g/mol. The van der Waals surface area contributed by atoms with Gasteiger partial charge < -0.3 is 35.5 Å². The zero-order chi connectivity index (χ0) is 35.5. The predicted molar refractivity (Wildman–Crippen MR) is 177 cm³/mol. The normalized spacial score (nSPS) is 17.4. The number of benzene rings is 1. The van der Waals surface area contributed by atoms with Gasteiger partial charge >= 0.3 is 17.9 Å². The fourth-order valence-electron chi connectivity index (χ4n) is 6.32. The fraction of sp³-hybridized carbons (Fsp3) is 0.457. The first kappa shape index (κ1) is 35.2. The highest BCUT2D eigenvalue weighted by Gasteiger charge is 2.51. The van der Waals surface area contributed by atoms with Crippen molar-refractivity contribution in [2.45, 2.75) is 90.1 Å². The lowest BCUT2D eigenvalue weighted by atomic mass is 9.85. The molecule has 4 heterocycles. The van der Waals surface area contributed by atoms with E-state index in [1.165, 1.54) is 0 Å². The number of carbonyl (C=O) groups excluding carboxylic acids is 4. The van der Waals surface area contributed by atoms with E-state index in [1.807, 2.05) is 30.3 Å². The molecule has 2 aromatic heterocycles. The number of nitrogens with one attached hydrogen (secondary N) is 2. The smallest absolute Gasteiger partial charge is 0.355 e. The Morgan fingerprint density at radius 1 is 1.10 bits per heavy atom. The van der Waals surface area contributed by atoms with Crippen LogP contribution in [0.3, 0.4) is 0 Å². The molecule has 14 nitrogen and oxygen atoms in total. The maximum atomic E-state index is 13.9. The summed E-state index contributed by atoms with van der Waals surface area (Å²) in [6.07, 6.45) is 0.453. The number of rotatable bonds is 14. The van der Waals surface area contributed by atoms with Gasteiger partial charge in [0.05, 0.1) is 35.4 Å². The molecule has 0 saturated carbocycles.